The van der Waals surface area contributed by atoms with E-state index >= 15 is 0 Å². The lowest BCUT2D eigenvalue weighted by Gasteiger charge is -2.18. The van der Waals surface area contributed by atoms with Gasteiger partial charge < -0.3 is 19.4 Å². The van der Waals surface area contributed by atoms with Crippen LogP contribution in [0.25, 0.3) is 11.4 Å². The topological polar surface area (TPSA) is 95.3 Å². The van der Waals surface area contributed by atoms with E-state index in [1.54, 1.807) is 25.3 Å². The summed E-state index contributed by atoms with van der Waals surface area (Å²) < 4.78 is 12.3. The highest BCUT2D eigenvalue weighted by molar-refractivity contribution is 7.99. The van der Waals surface area contributed by atoms with Crippen LogP contribution in [0.2, 0.25) is 0 Å². The number of methoxy groups -OCH3 is 1. The van der Waals surface area contributed by atoms with Crippen LogP contribution in [0.1, 0.15) is 10.4 Å². The molecule has 2 heterocycles. The summed E-state index contributed by atoms with van der Waals surface area (Å²) in [6, 6.07) is 12.6. The van der Waals surface area contributed by atoms with Gasteiger partial charge in [-0.2, -0.15) is 0 Å². The first-order valence-electron chi connectivity index (χ1n) is 8.81. The maximum Gasteiger partial charge on any atom is 0.262 e. The Bertz CT molecular complexity index is 1080. The highest BCUT2D eigenvalue weighted by Gasteiger charge is 2.19. The Hall–Kier alpha value is -3.33. The lowest BCUT2D eigenvalue weighted by atomic mass is 10.1. The molecular formula is C20H18N4O4S. The number of hydrogen-bond donors (Lipinski definition) is 1. The summed E-state index contributed by atoms with van der Waals surface area (Å²) >= 11 is 1.31. The van der Waals surface area contributed by atoms with Gasteiger partial charge in [-0.05, 0) is 42.5 Å². The van der Waals surface area contributed by atoms with E-state index in [1.807, 2.05) is 35.9 Å². The van der Waals surface area contributed by atoms with Gasteiger partial charge in [0.05, 0.1) is 18.6 Å². The third-order valence-electron chi connectivity index (χ3n) is 4.45. The fourth-order valence-electron chi connectivity index (χ4n) is 2.90. The first kappa shape index (κ1) is 19.0. The number of rotatable bonds is 6. The van der Waals surface area contributed by atoms with Gasteiger partial charge >= 0.3 is 0 Å². The molecule has 9 heteroatoms. The van der Waals surface area contributed by atoms with Crippen LogP contribution in [0, 0.1) is 0 Å². The minimum absolute atomic E-state index is 0.0150. The molecule has 29 heavy (non-hydrogen) atoms. The van der Waals surface area contributed by atoms with Gasteiger partial charge in [-0.25, -0.2) is 0 Å². The second kappa shape index (κ2) is 7.96. The molecule has 0 radical (unpaired) electrons. The number of nitrogens with zero attached hydrogens (tertiary/aromatic N) is 3. The number of ketones is 1. The molecule has 4 rings (SSSR count). The summed E-state index contributed by atoms with van der Waals surface area (Å²) in [7, 11) is 3.48. The van der Waals surface area contributed by atoms with Crippen molar-refractivity contribution in [3.8, 4) is 22.9 Å². The molecule has 1 amide bonds. The van der Waals surface area contributed by atoms with Gasteiger partial charge in [-0.15, -0.1) is 10.2 Å². The monoisotopic (exact) mass is 410 g/mol. The van der Waals surface area contributed by atoms with E-state index < -0.39 is 0 Å². The number of benzene rings is 2. The predicted octanol–water partition coefficient (Wildman–Crippen LogP) is 2.80. The molecule has 0 bridgehead atoms. The largest absolute Gasteiger partial charge is 0.497 e. The summed E-state index contributed by atoms with van der Waals surface area (Å²) in [5.74, 6) is 1.92. The summed E-state index contributed by atoms with van der Waals surface area (Å²) in [6.45, 7) is -0.0150. The number of amides is 1. The van der Waals surface area contributed by atoms with Gasteiger partial charge in [0.1, 0.15) is 11.5 Å². The molecule has 3 aromatic rings. The molecule has 148 valence electrons. The zero-order valence-electron chi connectivity index (χ0n) is 15.8. The molecule has 1 aromatic heterocycles. The Morgan fingerprint density at radius 3 is 2.79 bits per heavy atom. The van der Waals surface area contributed by atoms with Gasteiger partial charge in [0.25, 0.3) is 5.91 Å². The summed E-state index contributed by atoms with van der Waals surface area (Å²) in [5.41, 5.74) is 1.92. The second-order valence-corrected chi connectivity index (χ2v) is 7.30. The van der Waals surface area contributed by atoms with Crippen molar-refractivity contribution < 1.29 is 19.1 Å². The number of fused-ring (bicyclic) bond motifs is 1. The number of carbonyl (C=O) groups excluding carboxylic acids is 2. The number of aromatic nitrogens is 3. The Morgan fingerprint density at radius 1 is 1.24 bits per heavy atom. The van der Waals surface area contributed by atoms with E-state index in [-0.39, 0.29) is 24.1 Å². The number of nitrogens with one attached hydrogen (secondary N) is 1. The van der Waals surface area contributed by atoms with E-state index in [4.69, 9.17) is 9.47 Å². The molecular weight excluding hydrogens is 392 g/mol. The number of anilines is 1. The summed E-state index contributed by atoms with van der Waals surface area (Å²) in [4.78, 5) is 24.1. The van der Waals surface area contributed by atoms with Gasteiger partial charge in [-0.1, -0.05) is 11.8 Å². The van der Waals surface area contributed by atoms with Crippen molar-refractivity contribution >= 4 is 29.1 Å². The first-order chi connectivity index (χ1) is 14.0. The molecule has 0 atom stereocenters. The molecule has 2 aromatic carbocycles. The molecule has 0 fully saturated rings. The highest BCUT2D eigenvalue weighted by Crippen LogP contribution is 2.30. The fraction of sp³-hybridized carbons (Fsp3) is 0.200. The standard InChI is InChI=1S/C20H18N4O4S/c1-24-19(12-3-6-14(27-2)7-4-12)22-23-20(24)29-11-16(25)13-5-8-17-15(9-13)21-18(26)10-28-17/h3-9H,10-11H2,1-2H3,(H,21,26). The number of ether oxygens (including phenoxy) is 2. The molecule has 0 spiro atoms. The minimum Gasteiger partial charge on any atom is -0.497 e. The first-order valence-corrected chi connectivity index (χ1v) is 9.80. The van der Waals surface area contributed by atoms with Crippen LogP contribution in [0.5, 0.6) is 11.5 Å². The van der Waals surface area contributed by atoms with Crippen molar-refractivity contribution in [3.05, 3.63) is 48.0 Å². The fourth-order valence-corrected chi connectivity index (χ4v) is 3.71. The Kier molecular flexibility index (Phi) is 5.22. The van der Waals surface area contributed by atoms with Crippen molar-refractivity contribution in [1.29, 1.82) is 0 Å². The van der Waals surface area contributed by atoms with E-state index in [0.717, 1.165) is 11.3 Å². The number of Topliss-reactive ketones (excluding diaryl/α,β-unsaturated/α-hetero) is 1. The number of thioether (sulfide) groups is 1. The normalized spacial score (nSPS) is 12.7. The third kappa shape index (κ3) is 3.95. The van der Waals surface area contributed by atoms with Crippen LogP contribution in [0.3, 0.4) is 0 Å². The van der Waals surface area contributed by atoms with E-state index in [0.29, 0.717) is 28.0 Å². The van der Waals surface area contributed by atoms with Crippen LogP contribution in [0.4, 0.5) is 5.69 Å². The molecule has 8 nitrogen and oxygen atoms in total. The van der Waals surface area contributed by atoms with Crippen LogP contribution in [0.15, 0.2) is 47.6 Å². The quantitative estimate of drug-likeness (QED) is 0.493. The molecule has 1 aliphatic rings. The number of hydrogen-bond acceptors (Lipinski definition) is 7. The van der Waals surface area contributed by atoms with Crippen LogP contribution in [-0.4, -0.2) is 45.9 Å². The van der Waals surface area contributed by atoms with E-state index in [9.17, 15) is 9.59 Å². The van der Waals surface area contributed by atoms with Crippen molar-refractivity contribution in [2.45, 2.75) is 5.16 Å². The average Bonchev–Trinajstić information content (AvgIpc) is 3.11. The smallest absolute Gasteiger partial charge is 0.262 e. The SMILES string of the molecule is COc1ccc(-c2nnc(SCC(=O)c3ccc4c(c3)NC(=O)CO4)n2C)cc1. The minimum atomic E-state index is -0.235. The Labute approximate surface area is 171 Å². The van der Waals surface area contributed by atoms with Crippen molar-refractivity contribution in [2.24, 2.45) is 7.05 Å². The number of carbonyl (C=O) groups is 2. The van der Waals surface area contributed by atoms with Gasteiger partial charge in [0, 0.05) is 18.2 Å². The van der Waals surface area contributed by atoms with Gasteiger partial charge in [0.15, 0.2) is 23.4 Å². The maximum absolute atomic E-state index is 12.6. The molecule has 0 saturated heterocycles. The summed E-state index contributed by atoms with van der Waals surface area (Å²) in [5, 5.41) is 11.8. The van der Waals surface area contributed by atoms with Crippen LogP contribution >= 0.6 is 11.8 Å². The van der Waals surface area contributed by atoms with Crippen molar-refractivity contribution in [2.75, 3.05) is 24.8 Å². The van der Waals surface area contributed by atoms with Gasteiger partial charge in [0.2, 0.25) is 0 Å². The molecule has 1 aliphatic heterocycles. The van der Waals surface area contributed by atoms with Crippen LogP contribution < -0.4 is 14.8 Å². The zero-order valence-corrected chi connectivity index (χ0v) is 16.7. The summed E-state index contributed by atoms with van der Waals surface area (Å²) in [6.07, 6.45) is 0. The van der Waals surface area contributed by atoms with Crippen molar-refractivity contribution in [3.63, 3.8) is 0 Å². The van der Waals surface area contributed by atoms with E-state index in [1.165, 1.54) is 11.8 Å². The molecule has 0 unspecified atom stereocenters. The van der Waals surface area contributed by atoms with E-state index in [2.05, 4.69) is 15.5 Å². The molecule has 1 N–H and O–H groups in total. The third-order valence-corrected chi connectivity index (χ3v) is 5.47. The second-order valence-electron chi connectivity index (χ2n) is 6.35. The maximum atomic E-state index is 12.6. The lowest BCUT2D eigenvalue weighted by molar-refractivity contribution is -0.118. The zero-order chi connectivity index (χ0) is 20.4. The predicted molar refractivity (Wildman–Crippen MR) is 109 cm³/mol. The Morgan fingerprint density at radius 2 is 2.03 bits per heavy atom. The lowest BCUT2D eigenvalue weighted by Crippen LogP contribution is -2.25. The average molecular weight is 410 g/mol. The highest BCUT2D eigenvalue weighted by atomic mass is 32.2. The van der Waals surface area contributed by atoms with Crippen molar-refractivity contribution in [1.82, 2.24) is 14.8 Å². The van der Waals surface area contributed by atoms with Gasteiger partial charge in [-0.3, -0.25) is 9.59 Å². The molecule has 0 aliphatic carbocycles. The van der Waals surface area contributed by atoms with Crippen LogP contribution in [-0.2, 0) is 11.8 Å². The Balaban J connectivity index is 1.45. The molecule has 0 saturated carbocycles.